The van der Waals surface area contributed by atoms with Crippen molar-refractivity contribution in [2.24, 2.45) is 0 Å². The predicted molar refractivity (Wildman–Crippen MR) is 83.5 cm³/mol. The maximum Gasteiger partial charge on any atom is 0.0767 e. The standard InChI is InChI=1S/C16H22N4/c1-19-8-3-9-20(11-10-19)12-13-5-6-15(17)14-4-2-7-18-16(13)14/h2,4-7H,3,8-12,17H2,1H3. The third-order valence-corrected chi connectivity index (χ3v) is 4.09. The zero-order valence-electron chi connectivity index (χ0n) is 12.0. The van der Waals surface area contributed by atoms with E-state index >= 15 is 0 Å². The number of nitrogens with two attached hydrogens (primary N) is 1. The molecule has 0 bridgehead atoms. The molecule has 1 aromatic carbocycles. The highest BCUT2D eigenvalue weighted by molar-refractivity contribution is 5.92. The number of pyridine rings is 1. The normalized spacial score (nSPS) is 18.2. The Morgan fingerprint density at radius 1 is 1.15 bits per heavy atom. The number of hydrogen-bond donors (Lipinski definition) is 1. The van der Waals surface area contributed by atoms with Gasteiger partial charge in [0.15, 0.2) is 0 Å². The van der Waals surface area contributed by atoms with Gasteiger partial charge in [-0.25, -0.2) is 0 Å². The summed E-state index contributed by atoms with van der Waals surface area (Å²) in [6.07, 6.45) is 3.08. The molecule has 0 radical (unpaired) electrons. The molecule has 106 valence electrons. The van der Waals surface area contributed by atoms with Crippen LogP contribution >= 0.6 is 0 Å². The van der Waals surface area contributed by atoms with Gasteiger partial charge in [0.05, 0.1) is 5.52 Å². The number of fused-ring (bicyclic) bond motifs is 1. The summed E-state index contributed by atoms with van der Waals surface area (Å²) in [5.41, 5.74) is 9.18. The van der Waals surface area contributed by atoms with Crippen molar-refractivity contribution >= 4 is 16.6 Å². The Bertz CT molecular complexity index is 596. The van der Waals surface area contributed by atoms with Gasteiger partial charge < -0.3 is 10.6 Å². The molecule has 2 aromatic rings. The SMILES string of the molecule is CN1CCCN(Cc2ccc(N)c3cccnc23)CC1. The van der Waals surface area contributed by atoms with Gasteiger partial charge in [-0.05, 0) is 50.3 Å². The summed E-state index contributed by atoms with van der Waals surface area (Å²) in [6, 6.07) is 8.13. The second-order valence-electron chi connectivity index (χ2n) is 5.65. The summed E-state index contributed by atoms with van der Waals surface area (Å²) >= 11 is 0. The molecular formula is C16H22N4. The van der Waals surface area contributed by atoms with Gasteiger partial charge in [0.2, 0.25) is 0 Å². The maximum atomic E-state index is 6.04. The van der Waals surface area contributed by atoms with Crippen molar-refractivity contribution in [3.63, 3.8) is 0 Å². The van der Waals surface area contributed by atoms with E-state index in [0.717, 1.165) is 42.8 Å². The van der Waals surface area contributed by atoms with Crippen LogP contribution in [-0.4, -0.2) is 48.0 Å². The zero-order chi connectivity index (χ0) is 13.9. The van der Waals surface area contributed by atoms with Gasteiger partial charge in [-0.15, -0.1) is 0 Å². The van der Waals surface area contributed by atoms with Crippen molar-refractivity contribution in [1.82, 2.24) is 14.8 Å². The minimum Gasteiger partial charge on any atom is -0.398 e. The summed E-state index contributed by atoms with van der Waals surface area (Å²) in [6.45, 7) is 5.57. The maximum absolute atomic E-state index is 6.04. The van der Waals surface area contributed by atoms with Crippen molar-refractivity contribution in [2.45, 2.75) is 13.0 Å². The lowest BCUT2D eigenvalue weighted by molar-refractivity contribution is 0.270. The van der Waals surface area contributed by atoms with Gasteiger partial charge in [0.1, 0.15) is 0 Å². The lowest BCUT2D eigenvalue weighted by Gasteiger charge is -2.21. The highest BCUT2D eigenvalue weighted by atomic mass is 15.2. The predicted octanol–water partition coefficient (Wildman–Crippen LogP) is 1.95. The summed E-state index contributed by atoms with van der Waals surface area (Å²) in [4.78, 5) is 9.45. The number of nitrogens with zero attached hydrogens (tertiary/aromatic N) is 3. The summed E-state index contributed by atoms with van der Waals surface area (Å²) < 4.78 is 0. The van der Waals surface area contributed by atoms with Crippen LogP contribution in [0.25, 0.3) is 10.9 Å². The molecule has 1 saturated heterocycles. The molecular weight excluding hydrogens is 248 g/mol. The number of rotatable bonds is 2. The van der Waals surface area contributed by atoms with Crippen LogP contribution < -0.4 is 5.73 Å². The van der Waals surface area contributed by atoms with Crippen LogP contribution in [0.5, 0.6) is 0 Å². The first-order valence-electron chi connectivity index (χ1n) is 7.27. The molecule has 4 nitrogen and oxygen atoms in total. The van der Waals surface area contributed by atoms with Crippen LogP contribution in [0.1, 0.15) is 12.0 Å². The fourth-order valence-electron chi connectivity index (χ4n) is 2.88. The number of benzene rings is 1. The van der Waals surface area contributed by atoms with E-state index in [1.54, 1.807) is 0 Å². The van der Waals surface area contributed by atoms with Crippen LogP contribution in [0, 0.1) is 0 Å². The molecule has 3 rings (SSSR count). The van der Waals surface area contributed by atoms with Crippen molar-refractivity contribution in [1.29, 1.82) is 0 Å². The van der Waals surface area contributed by atoms with E-state index in [-0.39, 0.29) is 0 Å². The Morgan fingerprint density at radius 2 is 2.05 bits per heavy atom. The van der Waals surface area contributed by atoms with Crippen molar-refractivity contribution in [2.75, 3.05) is 39.0 Å². The van der Waals surface area contributed by atoms with Gasteiger partial charge in [-0.1, -0.05) is 6.07 Å². The van der Waals surface area contributed by atoms with Crippen molar-refractivity contribution < 1.29 is 0 Å². The molecule has 1 aliphatic rings. The first-order chi connectivity index (χ1) is 9.74. The highest BCUT2D eigenvalue weighted by Crippen LogP contribution is 2.23. The van der Waals surface area contributed by atoms with E-state index in [4.69, 9.17) is 5.73 Å². The van der Waals surface area contributed by atoms with Crippen LogP contribution in [0.4, 0.5) is 5.69 Å². The molecule has 0 spiro atoms. The van der Waals surface area contributed by atoms with Crippen LogP contribution in [0.15, 0.2) is 30.5 Å². The topological polar surface area (TPSA) is 45.4 Å². The van der Waals surface area contributed by atoms with Gasteiger partial charge in [-0.3, -0.25) is 9.88 Å². The molecule has 1 aliphatic heterocycles. The smallest absolute Gasteiger partial charge is 0.0767 e. The van der Waals surface area contributed by atoms with Gasteiger partial charge >= 0.3 is 0 Å². The monoisotopic (exact) mass is 270 g/mol. The number of nitrogen functional groups attached to an aromatic ring is 1. The van der Waals surface area contributed by atoms with E-state index in [1.165, 1.54) is 18.5 Å². The molecule has 2 heterocycles. The van der Waals surface area contributed by atoms with Crippen LogP contribution in [-0.2, 0) is 6.54 Å². The second-order valence-corrected chi connectivity index (χ2v) is 5.65. The Kier molecular flexibility index (Phi) is 3.85. The minimum atomic E-state index is 0.812. The average Bonchev–Trinajstić information content (AvgIpc) is 2.67. The van der Waals surface area contributed by atoms with Gasteiger partial charge in [0.25, 0.3) is 0 Å². The van der Waals surface area contributed by atoms with E-state index in [9.17, 15) is 0 Å². The highest BCUT2D eigenvalue weighted by Gasteiger charge is 2.14. The summed E-state index contributed by atoms with van der Waals surface area (Å²) in [5, 5.41) is 1.07. The first-order valence-corrected chi connectivity index (χ1v) is 7.27. The van der Waals surface area contributed by atoms with E-state index < -0.39 is 0 Å². The first kappa shape index (κ1) is 13.3. The average molecular weight is 270 g/mol. The van der Waals surface area contributed by atoms with Crippen LogP contribution in [0.3, 0.4) is 0 Å². The fraction of sp³-hybridized carbons (Fsp3) is 0.438. The minimum absolute atomic E-state index is 0.812. The molecule has 1 aromatic heterocycles. The third kappa shape index (κ3) is 2.76. The molecule has 0 atom stereocenters. The molecule has 0 amide bonds. The molecule has 1 fully saturated rings. The van der Waals surface area contributed by atoms with Crippen LogP contribution in [0.2, 0.25) is 0 Å². The Balaban J connectivity index is 1.85. The largest absolute Gasteiger partial charge is 0.398 e. The molecule has 0 saturated carbocycles. The van der Waals surface area contributed by atoms with Gasteiger partial charge in [0, 0.05) is 36.9 Å². The Morgan fingerprint density at radius 3 is 2.95 bits per heavy atom. The van der Waals surface area contributed by atoms with E-state index in [2.05, 4.69) is 34.0 Å². The number of anilines is 1. The number of likely N-dealkylation sites (N-methyl/N-ethyl adjacent to an activating group) is 1. The Labute approximate surface area is 120 Å². The molecule has 4 heteroatoms. The molecule has 2 N–H and O–H groups in total. The lowest BCUT2D eigenvalue weighted by Crippen LogP contribution is -2.28. The fourth-order valence-corrected chi connectivity index (χ4v) is 2.88. The summed E-state index contributed by atoms with van der Waals surface area (Å²) in [5.74, 6) is 0. The molecule has 20 heavy (non-hydrogen) atoms. The summed E-state index contributed by atoms with van der Waals surface area (Å²) in [7, 11) is 2.20. The molecule has 0 aliphatic carbocycles. The number of hydrogen-bond acceptors (Lipinski definition) is 4. The number of aromatic nitrogens is 1. The lowest BCUT2D eigenvalue weighted by atomic mass is 10.1. The Hall–Kier alpha value is -1.65. The quantitative estimate of drug-likeness (QED) is 0.847. The van der Waals surface area contributed by atoms with Crippen molar-refractivity contribution in [3.8, 4) is 0 Å². The van der Waals surface area contributed by atoms with Gasteiger partial charge in [-0.2, -0.15) is 0 Å². The van der Waals surface area contributed by atoms with E-state index in [1.807, 2.05) is 18.3 Å². The molecule has 0 unspecified atom stereocenters. The zero-order valence-corrected chi connectivity index (χ0v) is 12.0. The van der Waals surface area contributed by atoms with E-state index in [0.29, 0.717) is 0 Å². The van der Waals surface area contributed by atoms with Crippen molar-refractivity contribution in [3.05, 3.63) is 36.0 Å². The second kappa shape index (κ2) is 5.77. The third-order valence-electron chi connectivity index (χ3n) is 4.09.